The molecule has 0 radical (unpaired) electrons. The highest BCUT2D eigenvalue weighted by Gasteiger charge is 2.29. The highest BCUT2D eigenvalue weighted by atomic mass is 16.5. The number of anilines is 1. The Hall–Kier alpha value is -3.16. The first kappa shape index (κ1) is 16.2. The van der Waals surface area contributed by atoms with Gasteiger partial charge in [0.2, 0.25) is 5.88 Å². The Balaban J connectivity index is 2.39. The van der Waals surface area contributed by atoms with Crippen molar-refractivity contribution in [1.82, 2.24) is 4.98 Å². The lowest BCUT2D eigenvalue weighted by atomic mass is 10.1. The number of nitrogens with zero attached hydrogens (tertiary/aromatic N) is 1. The highest BCUT2D eigenvalue weighted by molar-refractivity contribution is 6.12. The molecule has 23 heavy (non-hydrogen) atoms. The van der Waals surface area contributed by atoms with Crippen molar-refractivity contribution in [2.75, 3.05) is 11.9 Å². The summed E-state index contributed by atoms with van der Waals surface area (Å²) in [6.07, 6.45) is 2.86. The predicted molar refractivity (Wildman–Crippen MR) is 80.1 cm³/mol. The molecule has 0 saturated heterocycles. The normalized spacial score (nSPS) is 10.2. The number of amides is 2. The number of hydrogen-bond acceptors (Lipinski definition) is 6. The number of carbonyl (C=O) groups is 3. The first-order valence-electron chi connectivity index (χ1n) is 6.77. The number of esters is 1. The van der Waals surface area contributed by atoms with Gasteiger partial charge in [-0.15, -0.1) is 0 Å². The van der Waals surface area contributed by atoms with E-state index in [9.17, 15) is 14.4 Å². The number of carbonyl (C=O) groups excluding carboxylic acids is 3. The molecule has 3 N–H and O–H groups in total. The van der Waals surface area contributed by atoms with Gasteiger partial charge in [0, 0.05) is 12.4 Å². The molecule has 8 nitrogen and oxygen atoms in total. The standard InChI is InChI=1S/C15H15N3O5/c1-3-22-15(21)10-8(2)23-14(11(10)12(16)19)18-13(20)9-5-4-6-17-7-9/h4-7H,3H2,1-2H3,(H2,16,19)(H,18,20). The maximum absolute atomic E-state index is 12.1. The molecule has 120 valence electrons. The van der Waals surface area contributed by atoms with Crippen molar-refractivity contribution in [2.45, 2.75) is 13.8 Å². The van der Waals surface area contributed by atoms with Crippen LogP contribution in [0.3, 0.4) is 0 Å². The maximum Gasteiger partial charge on any atom is 0.342 e. The van der Waals surface area contributed by atoms with Crippen LogP contribution in [0, 0.1) is 6.92 Å². The van der Waals surface area contributed by atoms with Crippen LogP contribution in [0.5, 0.6) is 0 Å². The zero-order valence-corrected chi connectivity index (χ0v) is 12.6. The number of rotatable bonds is 5. The topological polar surface area (TPSA) is 125 Å². The van der Waals surface area contributed by atoms with Gasteiger partial charge < -0.3 is 14.9 Å². The minimum Gasteiger partial charge on any atom is -0.462 e. The number of nitrogens with two attached hydrogens (primary N) is 1. The van der Waals surface area contributed by atoms with Crippen LogP contribution in [0.25, 0.3) is 0 Å². The summed E-state index contributed by atoms with van der Waals surface area (Å²) in [5.74, 6) is -2.29. The van der Waals surface area contributed by atoms with E-state index >= 15 is 0 Å². The third-order valence-electron chi connectivity index (χ3n) is 2.96. The van der Waals surface area contributed by atoms with Crippen LogP contribution < -0.4 is 11.1 Å². The van der Waals surface area contributed by atoms with E-state index < -0.39 is 17.8 Å². The summed E-state index contributed by atoms with van der Waals surface area (Å²) in [6, 6.07) is 3.12. The van der Waals surface area contributed by atoms with Crippen molar-refractivity contribution in [2.24, 2.45) is 5.73 Å². The Bertz CT molecular complexity index is 752. The number of aryl methyl sites for hydroxylation is 1. The van der Waals surface area contributed by atoms with E-state index in [1.165, 1.54) is 25.4 Å². The average Bonchev–Trinajstić information content (AvgIpc) is 2.84. The second-order valence-corrected chi connectivity index (χ2v) is 4.52. The van der Waals surface area contributed by atoms with Gasteiger partial charge in [-0.25, -0.2) is 4.79 Å². The molecule has 0 saturated carbocycles. The van der Waals surface area contributed by atoms with Crippen molar-refractivity contribution in [3.63, 3.8) is 0 Å². The quantitative estimate of drug-likeness (QED) is 0.805. The molecular weight excluding hydrogens is 302 g/mol. The van der Waals surface area contributed by atoms with E-state index in [0.717, 1.165) is 0 Å². The van der Waals surface area contributed by atoms with Gasteiger partial charge in [-0.3, -0.25) is 19.9 Å². The number of ether oxygens (including phenoxy) is 1. The molecular formula is C15H15N3O5. The van der Waals surface area contributed by atoms with Gasteiger partial charge in [-0.2, -0.15) is 0 Å². The number of furan rings is 1. The van der Waals surface area contributed by atoms with Crippen molar-refractivity contribution < 1.29 is 23.5 Å². The lowest BCUT2D eigenvalue weighted by Gasteiger charge is -2.04. The number of nitrogens with one attached hydrogen (secondary N) is 1. The molecule has 2 aromatic rings. The van der Waals surface area contributed by atoms with Gasteiger partial charge in [0.1, 0.15) is 16.9 Å². The lowest BCUT2D eigenvalue weighted by molar-refractivity contribution is 0.0521. The minimum atomic E-state index is -0.911. The first-order valence-corrected chi connectivity index (χ1v) is 6.77. The summed E-state index contributed by atoms with van der Waals surface area (Å²) in [7, 11) is 0. The second kappa shape index (κ2) is 6.73. The van der Waals surface area contributed by atoms with Gasteiger partial charge in [-0.1, -0.05) is 0 Å². The maximum atomic E-state index is 12.1. The Morgan fingerprint density at radius 1 is 1.35 bits per heavy atom. The fraction of sp³-hybridized carbons (Fsp3) is 0.200. The van der Waals surface area contributed by atoms with E-state index in [1.807, 2.05) is 0 Å². The van der Waals surface area contributed by atoms with Gasteiger partial charge in [-0.05, 0) is 26.0 Å². The number of aromatic nitrogens is 1. The summed E-state index contributed by atoms with van der Waals surface area (Å²) < 4.78 is 10.2. The van der Waals surface area contributed by atoms with Crippen molar-refractivity contribution in [3.05, 3.63) is 47.0 Å². The number of hydrogen-bond donors (Lipinski definition) is 2. The number of pyridine rings is 1. The Morgan fingerprint density at radius 2 is 2.09 bits per heavy atom. The van der Waals surface area contributed by atoms with Crippen LogP contribution in [0.4, 0.5) is 5.88 Å². The van der Waals surface area contributed by atoms with Crippen LogP contribution in [0.2, 0.25) is 0 Å². The largest absolute Gasteiger partial charge is 0.462 e. The molecule has 0 aromatic carbocycles. The predicted octanol–water partition coefficient (Wildman–Crippen LogP) is 1.51. The van der Waals surface area contributed by atoms with Crippen LogP contribution in [0.15, 0.2) is 28.9 Å². The molecule has 0 aliphatic carbocycles. The minimum absolute atomic E-state index is 0.0964. The first-order chi connectivity index (χ1) is 11.0. The van der Waals surface area contributed by atoms with Gasteiger partial charge in [0.15, 0.2) is 0 Å². The van der Waals surface area contributed by atoms with Gasteiger partial charge >= 0.3 is 5.97 Å². The Morgan fingerprint density at radius 3 is 2.65 bits per heavy atom. The zero-order valence-electron chi connectivity index (χ0n) is 12.6. The third kappa shape index (κ3) is 3.37. The van der Waals surface area contributed by atoms with Crippen LogP contribution >= 0.6 is 0 Å². The lowest BCUT2D eigenvalue weighted by Crippen LogP contribution is -2.20. The molecule has 0 atom stereocenters. The van der Waals surface area contributed by atoms with Crippen molar-refractivity contribution >= 4 is 23.7 Å². The van der Waals surface area contributed by atoms with Gasteiger partial charge in [0.25, 0.3) is 11.8 Å². The fourth-order valence-electron chi connectivity index (χ4n) is 1.99. The van der Waals surface area contributed by atoms with Crippen LogP contribution in [0.1, 0.15) is 43.8 Å². The molecule has 0 unspecified atom stereocenters. The highest BCUT2D eigenvalue weighted by Crippen LogP contribution is 2.28. The molecule has 0 bridgehead atoms. The zero-order chi connectivity index (χ0) is 17.0. The molecule has 2 rings (SSSR count). The van der Waals surface area contributed by atoms with E-state index in [0.29, 0.717) is 0 Å². The van der Waals surface area contributed by atoms with Gasteiger partial charge in [0.05, 0.1) is 12.2 Å². The van der Waals surface area contributed by atoms with Crippen LogP contribution in [-0.4, -0.2) is 29.4 Å². The summed E-state index contributed by atoms with van der Waals surface area (Å²) in [5.41, 5.74) is 5.25. The summed E-state index contributed by atoms with van der Waals surface area (Å²) in [4.78, 5) is 39.6. The third-order valence-corrected chi connectivity index (χ3v) is 2.96. The molecule has 2 heterocycles. The Labute approximate surface area is 131 Å². The van der Waals surface area contributed by atoms with E-state index in [2.05, 4.69) is 10.3 Å². The molecule has 0 aliphatic heterocycles. The number of primary amides is 1. The summed E-state index contributed by atoms with van der Waals surface area (Å²) in [5, 5.41) is 2.41. The van der Waals surface area contributed by atoms with Crippen LogP contribution in [-0.2, 0) is 4.74 Å². The van der Waals surface area contributed by atoms with E-state index in [1.54, 1.807) is 13.0 Å². The Kier molecular flexibility index (Phi) is 4.75. The monoisotopic (exact) mass is 317 g/mol. The fourth-order valence-corrected chi connectivity index (χ4v) is 1.99. The SMILES string of the molecule is CCOC(=O)c1c(C)oc(NC(=O)c2cccnc2)c1C(N)=O. The van der Waals surface area contributed by atoms with Crippen molar-refractivity contribution in [1.29, 1.82) is 0 Å². The molecule has 2 amide bonds. The molecule has 2 aromatic heterocycles. The van der Waals surface area contributed by atoms with Crippen molar-refractivity contribution in [3.8, 4) is 0 Å². The molecule has 0 fully saturated rings. The smallest absolute Gasteiger partial charge is 0.342 e. The molecule has 0 aliphatic rings. The second-order valence-electron chi connectivity index (χ2n) is 4.52. The summed E-state index contributed by atoms with van der Waals surface area (Å²) in [6.45, 7) is 3.22. The molecule has 0 spiro atoms. The van der Waals surface area contributed by atoms with E-state index in [-0.39, 0.29) is 34.9 Å². The van der Waals surface area contributed by atoms with E-state index in [4.69, 9.17) is 14.9 Å². The summed E-state index contributed by atoms with van der Waals surface area (Å²) >= 11 is 0. The molecule has 8 heteroatoms. The average molecular weight is 317 g/mol.